The molecule has 1 aromatic rings. The molecule has 0 unspecified atom stereocenters. The van der Waals surface area contributed by atoms with Crippen molar-refractivity contribution >= 4 is 11.8 Å². The number of hydrogen-bond donors (Lipinski definition) is 2. The first-order chi connectivity index (χ1) is 9.58. The third-order valence-electron chi connectivity index (χ3n) is 2.44. The van der Waals surface area contributed by atoms with Gasteiger partial charge in [-0.05, 0) is 12.1 Å². The van der Waals surface area contributed by atoms with Crippen LogP contribution in [0.5, 0.6) is 11.5 Å². The Morgan fingerprint density at radius 3 is 2.65 bits per heavy atom. The average Bonchev–Trinajstić information content (AvgIpc) is 2.44. The van der Waals surface area contributed by atoms with Crippen molar-refractivity contribution in [3.8, 4) is 11.5 Å². The lowest BCUT2D eigenvalue weighted by Gasteiger charge is -2.11. The molecule has 0 atom stereocenters. The zero-order chi connectivity index (χ0) is 15.0. The SMILES string of the molecule is COCCNC(=O)COc1cc(OC)ccc1C(N)=O. The molecule has 0 fully saturated rings. The molecule has 0 aliphatic heterocycles. The summed E-state index contributed by atoms with van der Waals surface area (Å²) in [6.45, 7) is 0.577. The van der Waals surface area contributed by atoms with E-state index in [9.17, 15) is 9.59 Å². The van der Waals surface area contributed by atoms with Gasteiger partial charge >= 0.3 is 0 Å². The third kappa shape index (κ3) is 4.77. The molecule has 7 heteroatoms. The highest BCUT2D eigenvalue weighted by molar-refractivity contribution is 5.96. The van der Waals surface area contributed by atoms with Gasteiger partial charge in [0.25, 0.3) is 11.8 Å². The quantitative estimate of drug-likeness (QED) is 0.650. The van der Waals surface area contributed by atoms with Crippen molar-refractivity contribution in [1.29, 1.82) is 0 Å². The maximum absolute atomic E-state index is 11.5. The summed E-state index contributed by atoms with van der Waals surface area (Å²) in [5, 5.41) is 2.59. The van der Waals surface area contributed by atoms with Crippen LogP contribution in [0, 0.1) is 0 Å². The summed E-state index contributed by atoms with van der Waals surface area (Å²) < 4.78 is 15.1. The van der Waals surface area contributed by atoms with Crippen LogP contribution in [-0.2, 0) is 9.53 Å². The molecule has 1 rings (SSSR count). The third-order valence-corrected chi connectivity index (χ3v) is 2.44. The second-order valence-corrected chi connectivity index (χ2v) is 3.86. The van der Waals surface area contributed by atoms with Gasteiger partial charge in [0.05, 0.1) is 19.3 Å². The number of hydrogen-bond acceptors (Lipinski definition) is 5. The first-order valence-corrected chi connectivity index (χ1v) is 5.94. The van der Waals surface area contributed by atoms with Crippen LogP contribution in [0.15, 0.2) is 18.2 Å². The van der Waals surface area contributed by atoms with E-state index in [1.54, 1.807) is 6.07 Å². The van der Waals surface area contributed by atoms with E-state index in [1.807, 2.05) is 0 Å². The summed E-state index contributed by atoms with van der Waals surface area (Å²) in [5.41, 5.74) is 5.42. The molecule has 3 N–H and O–H groups in total. The van der Waals surface area contributed by atoms with Gasteiger partial charge in [0.1, 0.15) is 11.5 Å². The van der Waals surface area contributed by atoms with Crippen LogP contribution >= 0.6 is 0 Å². The van der Waals surface area contributed by atoms with Crippen molar-refractivity contribution in [2.45, 2.75) is 0 Å². The molecular formula is C13H18N2O5. The maximum atomic E-state index is 11.5. The molecule has 0 bridgehead atoms. The first-order valence-electron chi connectivity index (χ1n) is 5.94. The molecule has 0 saturated heterocycles. The molecule has 7 nitrogen and oxygen atoms in total. The van der Waals surface area contributed by atoms with Crippen LogP contribution < -0.4 is 20.5 Å². The lowest BCUT2D eigenvalue weighted by atomic mass is 10.2. The van der Waals surface area contributed by atoms with E-state index in [0.29, 0.717) is 18.9 Å². The first kappa shape index (κ1) is 15.8. The Morgan fingerprint density at radius 2 is 2.05 bits per heavy atom. The van der Waals surface area contributed by atoms with Crippen molar-refractivity contribution in [1.82, 2.24) is 5.32 Å². The Hall–Kier alpha value is -2.28. The Bertz CT molecular complexity index is 476. The molecule has 0 aromatic heterocycles. The largest absolute Gasteiger partial charge is 0.497 e. The number of nitrogens with two attached hydrogens (primary N) is 1. The summed E-state index contributed by atoms with van der Waals surface area (Å²) in [4.78, 5) is 22.7. The number of primary amides is 1. The number of rotatable bonds is 8. The van der Waals surface area contributed by atoms with Gasteiger partial charge in [-0.15, -0.1) is 0 Å². The van der Waals surface area contributed by atoms with Crippen molar-refractivity contribution in [2.24, 2.45) is 5.73 Å². The highest BCUT2D eigenvalue weighted by Crippen LogP contribution is 2.24. The molecule has 0 saturated carbocycles. The predicted molar refractivity (Wildman–Crippen MR) is 71.9 cm³/mol. The number of nitrogens with one attached hydrogen (secondary N) is 1. The molecule has 0 heterocycles. The molecule has 2 amide bonds. The van der Waals surface area contributed by atoms with Crippen molar-refractivity contribution < 1.29 is 23.8 Å². The van der Waals surface area contributed by atoms with Gasteiger partial charge in [-0.2, -0.15) is 0 Å². The van der Waals surface area contributed by atoms with Crippen LogP contribution in [0.25, 0.3) is 0 Å². The predicted octanol–water partition coefficient (Wildman–Crippen LogP) is -0.0645. The van der Waals surface area contributed by atoms with Crippen LogP contribution in [-0.4, -0.2) is 45.8 Å². The second kappa shape index (κ2) is 8.00. The second-order valence-electron chi connectivity index (χ2n) is 3.86. The number of amides is 2. The van der Waals surface area contributed by atoms with Gasteiger partial charge in [-0.25, -0.2) is 0 Å². The van der Waals surface area contributed by atoms with Crippen LogP contribution in [0.2, 0.25) is 0 Å². The molecule has 0 aliphatic rings. The fourth-order valence-corrected chi connectivity index (χ4v) is 1.44. The Kier molecular flexibility index (Phi) is 6.31. The molecular weight excluding hydrogens is 264 g/mol. The Morgan fingerprint density at radius 1 is 1.30 bits per heavy atom. The van der Waals surface area contributed by atoms with Gasteiger partial charge in [-0.1, -0.05) is 0 Å². The number of methoxy groups -OCH3 is 2. The highest BCUT2D eigenvalue weighted by Gasteiger charge is 2.12. The molecule has 0 radical (unpaired) electrons. The fraction of sp³-hybridized carbons (Fsp3) is 0.385. The van der Waals surface area contributed by atoms with E-state index in [-0.39, 0.29) is 23.8 Å². The van der Waals surface area contributed by atoms with E-state index in [0.717, 1.165) is 0 Å². The minimum absolute atomic E-state index is 0.190. The van der Waals surface area contributed by atoms with E-state index >= 15 is 0 Å². The fourth-order valence-electron chi connectivity index (χ4n) is 1.44. The minimum atomic E-state index is -0.637. The lowest BCUT2D eigenvalue weighted by Crippen LogP contribution is -2.31. The van der Waals surface area contributed by atoms with Gasteiger partial charge in [0.15, 0.2) is 6.61 Å². The van der Waals surface area contributed by atoms with Gasteiger partial charge in [-0.3, -0.25) is 9.59 Å². The number of benzene rings is 1. The van der Waals surface area contributed by atoms with E-state index in [2.05, 4.69) is 5.32 Å². The van der Waals surface area contributed by atoms with Crippen molar-refractivity contribution in [2.75, 3.05) is 34.0 Å². The minimum Gasteiger partial charge on any atom is -0.497 e. The summed E-state index contributed by atoms with van der Waals surface area (Å²) in [6.07, 6.45) is 0. The van der Waals surface area contributed by atoms with Crippen LogP contribution in [0.4, 0.5) is 0 Å². The zero-order valence-electron chi connectivity index (χ0n) is 11.5. The topological polar surface area (TPSA) is 99.9 Å². The van der Waals surface area contributed by atoms with Crippen molar-refractivity contribution in [3.63, 3.8) is 0 Å². The number of ether oxygens (including phenoxy) is 3. The molecule has 110 valence electrons. The monoisotopic (exact) mass is 282 g/mol. The summed E-state index contributed by atoms with van der Waals surface area (Å²) in [6, 6.07) is 4.58. The summed E-state index contributed by atoms with van der Waals surface area (Å²) >= 11 is 0. The van der Waals surface area contributed by atoms with Gasteiger partial charge in [0.2, 0.25) is 0 Å². The highest BCUT2D eigenvalue weighted by atomic mass is 16.5. The lowest BCUT2D eigenvalue weighted by molar-refractivity contribution is -0.123. The van der Waals surface area contributed by atoms with Crippen molar-refractivity contribution in [3.05, 3.63) is 23.8 Å². The average molecular weight is 282 g/mol. The van der Waals surface area contributed by atoms with E-state index < -0.39 is 5.91 Å². The zero-order valence-corrected chi connectivity index (χ0v) is 11.5. The standard InChI is InChI=1S/C13H18N2O5/c1-18-6-5-15-12(16)8-20-11-7-9(19-2)3-4-10(11)13(14)17/h3-4,7H,5-6,8H2,1-2H3,(H2,14,17)(H,15,16). The number of carbonyl (C=O) groups excluding carboxylic acids is 2. The Balaban J connectivity index is 2.65. The molecule has 1 aromatic carbocycles. The van der Waals surface area contributed by atoms with Crippen LogP contribution in [0.3, 0.4) is 0 Å². The molecule has 20 heavy (non-hydrogen) atoms. The Labute approximate surface area is 117 Å². The molecule has 0 aliphatic carbocycles. The van der Waals surface area contributed by atoms with E-state index in [4.69, 9.17) is 19.9 Å². The smallest absolute Gasteiger partial charge is 0.258 e. The van der Waals surface area contributed by atoms with Gasteiger partial charge < -0.3 is 25.3 Å². The normalized spacial score (nSPS) is 9.90. The molecule has 0 spiro atoms. The maximum Gasteiger partial charge on any atom is 0.258 e. The number of carbonyl (C=O) groups is 2. The van der Waals surface area contributed by atoms with E-state index in [1.165, 1.54) is 26.4 Å². The summed E-state index contributed by atoms with van der Waals surface area (Å²) in [5.74, 6) is -0.244. The van der Waals surface area contributed by atoms with Gasteiger partial charge in [0, 0.05) is 19.7 Å². The van der Waals surface area contributed by atoms with Crippen LogP contribution in [0.1, 0.15) is 10.4 Å². The summed E-state index contributed by atoms with van der Waals surface area (Å²) in [7, 11) is 3.03.